The molecule has 0 heterocycles. The molecular weight excluding hydrogens is 343 g/mol. The fraction of sp³-hybridized carbons (Fsp3) is 0.235. The van der Waals surface area contributed by atoms with Crippen molar-refractivity contribution in [2.45, 2.75) is 19.0 Å². The molecule has 1 amide bonds. The maximum absolute atomic E-state index is 13.1. The zero-order valence-electron chi connectivity index (χ0n) is 13.0. The first-order valence-electron chi connectivity index (χ1n) is 7.38. The first-order chi connectivity index (χ1) is 11.7. The minimum Gasteiger partial charge on any atom is -0.375 e. The number of hydrogen-bond donors (Lipinski definition) is 2. The summed E-state index contributed by atoms with van der Waals surface area (Å²) in [6.07, 6.45) is -4.25. The van der Waals surface area contributed by atoms with E-state index in [2.05, 4.69) is 10.6 Å². The summed E-state index contributed by atoms with van der Waals surface area (Å²) in [5.74, 6) is -2.43. The number of aryl methyl sites for hydroxylation is 1. The molecule has 0 atom stereocenters. The molecule has 0 saturated heterocycles. The highest BCUT2D eigenvalue weighted by molar-refractivity contribution is 5.94. The minimum absolute atomic E-state index is 0.0291. The number of carbonyl (C=O) groups is 1. The van der Waals surface area contributed by atoms with E-state index in [4.69, 9.17) is 0 Å². The Morgan fingerprint density at radius 2 is 1.64 bits per heavy atom. The van der Waals surface area contributed by atoms with Crippen LogP contribution in [0, 0.1) is 11.6 Å². The van der Waals surface area contributed by atoms with E-state index < -0.39 is 30.3 Å². The Balaban J connectivity index is 1.95. The van der Waals surface area contributed by atoms with Crippen LogP contribution in [0.25, 0.3) is 0 Å². The number of anilines is 2. The van der Waals surface area contributed by atoms with Crippen molar-refractivity contribution < 1.29 is 26.7 Å². The Morgan fingerprint density at radius 1 is 0.960 bits per heavy atom. The molecule has 0 spiro atoms. The van der Waals surface area contributed by atoms with Crippen LogP contribution in [0.15, 0.2) is 42.5 Å². The predicted octanol–water partition coefficient (Wildman–Crippen LogP) is 4.51. The van der Waals surface area contributed by atoms with Crippen LogP contribution in [0.2, 0.25) is 0 Å². The van der Waals surface area contributed by atoms with Crippen molar-refractivity contribution in [3.63, 3.8) is 0 Å². The molecule has 0 saturated carbocycles. The molecule has 2 N–H and O–H groups in total. The average molecular weight is 358 g/mol. The molecule has 0 aliphatic carbocycles. The van der Waals surface area contributed by atoms with Crippen LogP contribution in [-0.2, 0) is 11.2 Å². The monoisotopic (exact) mass is 358 g/mol. The summed E-state index contributed by atoms with van der Waals surface area (Å²) >= 11 is 0. The van der Waals surface area contributed by atoms with Crippen LogP contribution in [0.4, 0.5) is 33.3 Å². The lowest BCUT2D eigenvalue weighted by Crippen LogP contribution is -2.22. The van der Waals surface area contributed by atoms with E-state index >= 15 is 0 Å². The van der Waals surface area contributed by atoms with Gasteiger partial charge in [0.05, 0.1) is 11.4 Å². The topological polar surface area (TPSA) is 41.1 Å². The summed E-state index contributed by atoms with van der Waals surface area (Å²) in [4.78, 5) is 12.0. The van der Waals surface area contributed by atoms with Gasteiger partial charge in [-0.3, -0.25) is 4.79 Å². The van der Waals surface area contributed by atoms with Crippen molar-refractivity contribution in [2.75, 3.05) is 17.2 Å². The lowest BCUT2D eigenvalue weighted by molar-refractivity contribution is -0.116. The highest BCUT2D eigenvalue weighted by Crippen LogP contribution is 2.24. The number of amides is 1. The van der Waals surface area contributed by atoms with Crippen LogP contribution >= 0.6 is 0 Å². The first-order valence-corrected chi connectivity index (χ1v) is 7.38. The zero-order chi connectivity index (χ0) is 18.4. The summed E-state index contributed by atoms with van der Waals surface area (Å²) in [7, 11) is 0. The minimum atomic E-state index is -4.39. The van der Waals surface area contributed by atoms with Crippen molar-refractivity contribution in [1.82, 2.24) is 0 Å². The van der Waals surface area contributed by atoms with Gasteiger partial charge in [-0.05, 0) is 36.2 Å². The Bertz CT molecular complexity index is 746. The van der Waals surface area contributed by atoms with Crippen LogP contribution in [0.1, 0.15) is 12.0 Å². The number of halogens is 5. The number of benzene rings is 2. The lowest BCUT2D eigenvalue weighted by atomic mass is 10.1. The van der Waals surface area contributed by atoms with E-state index in [9.17, 15) is 26.7 Å². The molecule has 0 fully saturated rings. The number of rotatable bonds is 6. The van der Waals surface area contributed by atoms with Crippen LogP contribution in [0.5, 0.6) is 0 Å². The molecule has 0 bridgehead atoms. The predicted molar refractivity (Wildman–Crippen MR) is 84.3 cm³/mol. The van der Waals surface area contributed by atoms with E-state index in [1.807, 2.05) is 0 Å². The molecular formula is C17H15F5N2O. The van der Waals surface area contributed by atoms with E-state index in [1.54, 1.807) is 6.07 Å². The largest absolute Gasteiger partial charge is 0.405 e. The second-order valence-electron chi connectivity index (χ2n) is 5.31. The molecule has 25 heavy (non-hydrogen) atoms. The van der Waals surface area contributed by atoms with Crippen LogP contribution in [0.3, 0.4) is 0 Å². The van der Waals surface area contributed by atoms with Gasteiger partial charge in [-0.15, -0.1) is 0 Å². The Kier molecular flexibility index (Phi) is 5.95. The molecule has 2 aromatic carbocycles. The quantitative estimate of drug-likeness (QED) is 0.746. The zero-order valence-corrected chi connectivity index (χ0v) is 13.0. The Hall–Kier alpha value is -2.64. The van der Waals surface area contributed by atoms with Crippen molar-refractivity contribution in [1.29, 1.82) is 0 Å². The third kappa shape index (κ3) is 6.06. The number of hydrogen-bond acceptors (Lipinski definition) is 2. The van der Waals surface area contributed by atoms with E-state index in [1.165, 1.54) is 24.3 Å². The second kappa shape index (κ2) is 7.96. The molecule has 2 aromatic rings. The third-order valence-electron chi connectivity index (χ3n) is 3.31. The van der Waals surface area contributed by atoms with Gasteiger partial charge in [0, 0.05) is 6.42 Å². The third-order valence-corrected chi connectivity index (χ3v) is 3.31. The second-order valence-corrected chi connectivity index (χ2v) is 5.31. The fourth-order valence-electron chi connectivity index (χ4n) is 2.11. The summed E-state index contributed by atoms with van der Waals surface area (Å²) in [6, 6.07) is 9.33. The van der Waals surface area contributed by atoms with E-state index in [0.717, 1.165) is 12.1 Å². The number of carbonyl (C=O) groups excluding carboxylic acids is 1. The smallest absolute Gasteiger partial charge is 0.375 e. The molecule has 134 valence electrons. The number of nitrogens with one attached hydrogen (secondary N) is 2. The Morgan fingerprint density at radius 3 is 2.28 bits per heavy atom. The lowest BCUT2D eigenvalue weighted by Gasteiger charge is -2.14. The number of alkyl halides is 3. The number of para-hydroxylation sites is 2. The van der Waals surface area contributed by atoms with E-state index in [-0.39, 0.29) is 24.2 Å². The summed E-state index contributed by atoms with van der Waals surface area (Å²) in [5, 5.41) is 4.72. The molecule has 8 heteroatoms. The van der Waals surface area contributed by atoms with Crippen molar-refractivity contribution >= 4 is 17.3 Å². The van der Waals surface area contributed by atoms with Gasteiger partial charge in [0.25, 0.3) is 0 Å². The molecule has 0 unspecified atom stereocenters. The van der Waals surface area contributed by atoms with Gasteiger partial charge in [0.1, 0.15) is 6.54 Å². The van der Waals surface area contributed by atoms with E-state index in [0.29, 0.717) is 5.56 Å². The summed E-state index contributed by atoms with van der Waals surface area (Å²) in [6.45, 7) is -1.23. The first kappa shape index (κ1) is 18.7. The maximum Gasteiger partial charge on any atom is 0.405 e. The molecule has 3 nitrogen and oxygen atoms in total. The SMILES string of the molecule is O=C(CCc1ccc(F)c(F)c1)Nc1ccccc1NCC(F)(F)F. The fourth-order valence-corrected chi connectivity index (χ4v) is 2.11. The van der Waals surface area contributed by atoms with Crippen molar-refractivity contribution in [3.8, 4) is 0 Å². The van der Waals surface area contributed by atoms with Crippen molar-refractivity contribution in [3.05, 3.63) is 59.7 Å². The molecule has 0 aliphatic rings. The average Bonchev–Trinajstić information content (AvgIpc) is 2.54. The van der Waals surface area contributed by atoms with Gasteiger partial charge in [-0.25, -0.2) is 8.78 Å². The molecule has 0 aromatic heterocycles. The molecule has 0 radical (unpaired) electrons. The maximum atomic E-state index is 13.1. The highest BCUT2D eigenvalue weighted by Gasteiger charge is 2.27. The Labute approximate surface area is 140 Å². The normalized spacial score (nSPS) is 11.2. The molecule has 0 aliphatic heterocycles. The summed E-state index contributed by atoms with van der Waals surface area (Å²) < 4.78 is 62.8. The highest BCUT2D eigenvalue weighted by atomic mass is 19.4. The van der Waals surface area contributed by atoms with Gasteiger partial charge in [0.15, 0.2) is 11.6 Å². The van der Waals surface area contributed by atoms with Crippen LogP contribution in [-0.4, -0.2) is 18.6 Å². The van der Waals surface area contributed by atoms with Gasteiger partial charge < -0.3 is 10.6 Å². The van der Waals surface area contributed by atoms with Crippen LogP contribution < -0.4 is 10.6 Å². The van der Waals surface area contributed by atoms with Gasteiger partial charge >= 0.3 is 6.18 Å². The van der Waals surface area contributed by atoms with Gasteiger partial charge in [0.2, 0.25) is 5.91 Å². The van der Waals surface area contributed by atoms with Crippen molar-refractivity contribution in [2.24, 2.45) is 0 Å². The van der Waals surface area contributed by atoms with Gasteiger partial charge in [-0.2, -0.15) is 13.2 Å². The van der Waals surface area contributed by atoms with Gasteiger partial charge in [-0.1, -0.05) is 18.2 Å². The standard InChI is InChI=1S/C17H15F5N2O/c18-12-7-5-11(9-13(12)19)6-8-16(25)24-15-4-2-1-3-14(15)23-10-17(20,21)22/h1-5,7,9,23H,6,8,10H2,(H,24,25). The molecule has 2 rings (SSSR count). The summed E-state index contributed by atoms with van der Waals surface area (Å²) in [5.41, 5.74) is 0.792.